The maximum absolute atomic E-state index is 3.67. The standard InChI is InChI=1S/C3H4N2.Ar/c1-2-5-3-4-1;/h1-3H,(H,4,5);. The minimum Gasteiger partial charge on any atom is -0.351 e. The number of nitrogens with one attached hydrogen (secondary N) is 1. The van der Waals surface area contributed by atoms with Gasteiger partial charge in [-0.15, -0.1) is 0 Å². The number of hydrogen-bond donors (Lipinski definition) is 1. The number of nitrogens with zero attached hydrogens (tertiary/aromatic N) is 1. The van der Waals surface area contributed by atoms with Crippen molar-refractivity contribution in [1.29, 1.82) is 0 Å². The fourth-order valence-corrected chi connectivity index (χ4v) is 0.215. The molecule has 1 heterocycles. The molecule has 0 amide bonds. The summed E-state index contributed by atoms with van der Waals surface area (Å²) in [4.78, 5) is 6.42. The molecule has 0 aromatic carbocycles. The maximum Gasteiger partial charge on any atom is 0.0919 e. The van der Waals surface area contributed by atoms with Gasteiger partial charge >= 0.3 is 0 Å². The van der Waals surface area contributed by atoms with Crippen LogP contribution in [0.3, 0.4) is 0 Å². The van der Waals surface area contributed by atoms with Crippen LogP contribution in [0.5, 0.6) is 0 Å². The van der Waals surface area contributed by atoms with Crippen molar-refractivity contribution in [3.63, 3.8) is 0 Å². The Morgan fingerprint density at radius 2 is 2.33 bits per heavy atom. The van der Waals surface area contributed by atoms with Gasteiger partial charge in [0, 0.05) is 50.1 Å². The fraction of sp³-hybridized carbons (Fsp3) is 0. The molecule has 0 atom stereocenters. The van der Waals surface area contributed by atoms with Gasteiger partial charge in [-0.1, -0.05) is 0 Å². The van der Waals surface area contributed by atoms with E-state index >= 15 is 0 Å². The van der Waals surface area contributed by atoms with Crippen LogP contribution in [0.2, 0.25) is 0 Å². The molecule has 0 fully saturated rings. The molecule has 0 aliphatic carbocycles. The number of aromatic nitrogens is 2. The summed E-state index contributed by atoms with van der Waals surface area (Å²) in [7, 11) is 0. The molecule has 1 aromatic heterocycles. The largest absolute Gasteiger partial charge is 0.351 e. The summed E-state index contributed by atoms with van der Waals surface area (Å²) >= 11 is 0. The molecular formula is C3H4ArN2. The zero-order chi connectivity index (χ0) is 3.54. The third kappa shape index (κ3) is 1.80. The van der Waals surface area contributed by atoms with Crippen LogP contribution in [-0.2, 0) is 0 Å². The van der Waals surface area contributed by atoms with E-state index in [1.165, 1.54) is 0 Å². The van der Waals surface area contributed by atoms with Gasteiger partial charge in [0.2, 0.25) is 0 Å². The van der Waals surface area contributed by atoms with Crippen molar-refractivity contribution in [3.8, 4) is 0 Å². The van der Waals surface area contributed by atoms with Crippen molar-refractivity contribution in [2.45, 2.75) is 0 Å². The quantitative estimate of drug-likeness (QED) is 0.512. The van der Waals surface area contributed by atoms with Gasteiger partial charge in [0.1, 0.15) is 0 Å². The molecular weight excluding hydrogens is 104 g/mol. The van der Waals surface area contributed by atoms with Crippen LogP contribution < -0.4 is 0 Å². The number of hydrogen-bond acceptors (Lipinski definition) is 1. The second-order valence-electron chi connectivity index (χ2n) is 0.761. The molecule has 1 rings (SSSR count). The maximum atomic E-state index is 3.67. The van der Waals surface area contributed by atoms with Gasteiger partial charge < -0.3 is 4.98 Å². The molecule has 0 aliphatic rings. The predicted octanol–water partition coefficient (Wildman–Crippen LogP) is 0.410. The molecule has 0 spiro atoms. The van der Waals surface area contributed by atoms with Crippen molar-refractivity contribution in [3.05, 3.63) is 18.7 Å². The second-order valence-corrected chi connectivity index (χ2v) is 0.761. The molecule has 0 bridgehead atoms. The van der Waals surface area contributed by atoms with Crippen molar-refractivity contribution in [1.82, 2.24) is 9.97 Å². The molecule has 3 heteroatoms. The first-order valence-electron chi connectivity index (χ1n) is 1.43. The number of rotatable bonds is 0. The average Bonchev–Trinajstić information content (AvgIpc) is 1.76. The molecule has 0 aliphatic heterocycles. The molecule has 34 valence electrons. The summed E-state index contributed by atoms with van der Waals surface area (Å²) in [6.07, 6.45) is 5.08. The molecule has 2 nitrogen and oxygen atoms in total. The van der Waals surface area contributed by atoms with Gasteiger partial charge in [0.25, 0.3) is 0 Å². The van der Waals surface area contributed by atoms with Crippen molar-refractivity contribution < 1.29 is 37.7 Å². The van der Waals surface area contributed by atoms with E-state index < -0.39 is 0 Å². The Morgan fingerprint density at radius 3 is 2.50 bits per heavy atom. The van der Waals surface area contributed by atoms with Crippen LogP contribution in [0.15, 0.2) is 18.7 Å². The van der Waals surface area contributed by atoms with Crippen molar-refractivity contribution in [2.24, 2.45) is 0 Å². The zero-order valence-electron chi connectivity index (χ0n) is 3.03. The van der Waals surface area contributed by atoms with Gasteiger partial charge in [0.05, 0.1) is 6.33 Å². The number of H-pyrrole nitrogens is 1. The van der Waals surface area contributed by atoms with E-state index in [-0.39, 0.29) is 37.7 Å². The van der Waals surface area contributed by atoms with Crippen LogP contribution in [0.1, 0.15) is 0 Å². The normalized spacial score (nSPS) is 6.67. The van der Waals surface area contributed by atoms with Gasteiger partial charge in [-0.25, -0.2) is 4.98 Å². The molecule has 1 N–H and O–H groups in total. The summed E-state index contributed by atoms with van der Waals surface area (Å²) in [6, 6.07) is 0. The minimum atomic E-state index is 0. The topological polar surface area (TPSA) is 28.7 Å². The molecule has 0 radical (unpaired) electrons. The Morgan fingerprint density at radius 1 is 1.50 bits per heavy atom. The first kappa shape index (κ1) is 6.47. The second kappa shape index (κ2) is 3.65. The van der Waals surface area contributed by atoms with Gasteiger partial charge in [-0.3, -0.25) is 0 Å². The minimum absolute atomic E-state index is 0. The summed E-state index contributed by atoms with van der Waals surface area (Å²) < 4.78 is 0. The summed E-state index contributed by atoms with van der Waals surface area (Å²) in [6.45, 7) is 0. The van der Waals surface area contributed by atoms with Crippen LogP contribution in [0.25, 0.3) is 0 Å². The third-order valence-electron chi connectivity index (χ3n) is 0.406. The van der Waals surface area contributed by atoms with Crippen molar-refractivity contribution in [2.75, 3.05) is 0 Å². The summed E-state index contributed by atoms with van der Waals surface area (Å²) in [5.41, 5.74) is 0. The Hall–Kier alpha value is 0.470. The van der Waals surface area contributed by atoms with E-state index in [2.05, 4.69) is 9.97 Å². The monoisotopic (exact) mass is 108 g/mol. The zero-order valence-corrected chi connectivity index (χ0v) is 3.74. The first-order chi connectivity index (χ1) is 2.50. The Labute approximate surface area is 66.0 Å². The molecule has 1 aromatic rings. The van der Waals surface area contributed by atoms with Gasteiger partial charge in [0.15, 0.2) is 0 Å². The van der Waals surface area contributed by atoms with E-state index in [1.807, 2.05) is 0 Å². The summed E-state index contributed by atoms with van der Waals surface area (Å²) in [5, 5.41) is 0. The van der Waals surface area contributed by atoms with Crippen molar-refractivity contribution >= 4 is 0 Å². The fourth-order valence-electron chi connectivity index (χ4n) is 0.215. The molecule has 6 heavy (non-hydrogen) atoms. The SMILES string of the molecule is [Ar].c1c[nH]cn1. The number of imidazole rings is 1. The Bertz CT molecular complexity index is 65.3. The third-order valence-corrected chi connectivity index (χ3v) is 0.406. The van der Waals surface area contributed by atoms with Gasteiger partial charge in [-0.05, 0) is 0 Å². The predicted molar refractivity (Wildman–Crippen MR) is 18.6 cm³/mol. The summed E-state index contributed by atoms with van der Waals surface area (Å²) in [5.74, 6) is 0. The molecule has 0 saturated heterocycles. The van der Waals surface area contributed by atoms with Crippen LogP contribution in [0, 0.1) is 37.7 Å². The van der Waals surface area contributed by atoms with E-state index in [4.69, 9.17) is 0 Å². The first-order valence-corrected chi connectivity index (χ1v) is 1.43. The smallest absolute Gasteiger partial charge is 0.0919 e. The average molecular weight is 108 g/mol. The van der Waals surface area contributed by atoms with Crippen LogP contribution >= 0.6 is 0 Å². The van der Waals surface area contributed by atoms with E-state index in [9.17, 15) is 0 Å². The van der Waals surface area contributed by atoms with Crippen LogP contribution in [-0.4, -0.2) is 9.97 Å². The van der Waals surface area contributed by atoms with E-state index in [1.54, 1.807) is 18.7 Å². The Balaban J connectivity index is 0.000000250. The molecule has 0 unspecified atom stereocenters. The van der Waals surface area contributed by atoms with Gasteiger partial charge in [-0.2, -0.15) is 0 Å². The van der Waals surface area contributed by atoms with E-state index in [0.717, 1.165) is 0 Å². The Kier molecular flexibility index (Phi) is 3.94. The molecule has 0 saturated carbocycles. The van der Waals surface area contributed by atoms with Crippen LogP contribution in [0.4, 0.5) is 0 Å². The number of aromatic amines is 1. The van der Waals surface area contributed by atoms with E-state index in [0.29, 0.717) is 0 Å².